The Labute approximate surface area is 57.6 Å². The minimum absolute atomic E-state index is 1.07. The van der Waals surface area contributed by atoms with Crippen LogP contribution in [0.2, 0.25) is 0 Å². The zero-order valence-electron chi connectivity index (χ0n) is 6.27. The Kier molecular flexibility index (Phi) is 1.28. The topological polar surface area (TPSA) is 0 Å². The highest BCUT2D eigenvalue weighted by Gasteiger charge is 2.36. The smallest absolute Gasteiger partial charge is 0.0360 e. The zero-order chi connectivity index (χ0) is 6.27. The van der Waals surface area contributed by atoms with E-state index >= 15 is 0 Å². The lowest BCUT2D eigenvalue weighted by Gasteiger charge is -2.11. The second kappa shape index (κ2) is 2.00. The zero-order valence-corrected chi connectivity index (χ0v) is 6.27. The number of rotatable bonds is 0. The lowest BCUT2D eigenvalue weighted by atomic mass is 9.94. The molecule has 0 aromatic carbocycles. The molecule has 2 saturated carbocycles. The standard InChI is InChI=1S/C9H16/c1-7-5-6-8-3-2-4-9(7)8/h7-9H,2-6H2,1H3/t7-,8?,9?/m1/s1. The molecule has 0 aliphatic heterocycles. The Bertz CT molecular complexity index is 107. The summed E-state index contributed by atoms with van der Waals surface area (Å²) in [5.74, 6) is 3.36. The molecule has 0 N–H and O–H groups in total. The molecular weight excluding hydrogens is 108 g/mol. The average molecular weight is 124 g/mol. The lowest BCUT2D eigenvalue weighted by Crippen LogP contribution is -2.04. The van der Waals surface area contributed by atoms with Gasteiger partial charge in [0.2, 0.25) is 0 Å². The Morgan fingerprint density at radius 1 is 1.00 bits per heavy atom. The largest absolute Gasteiger partial charge is 0.0622 e. The molecule has 3 atom stereocenters. The van der Waals surface area contributed by atoms with Gasteiger partial charge in [-0.25, -0.2) is 0 Å². The first-order valence-corrected chi connectivity index (χ1v) is 4.38. The van der Waals surface area contributed by atoms with E-state index in [1.165, 1.54) is 12.8 Å². The van der Waals surface area contributed by atoms with Crippen LogP contribution in [-0.4, -0.2) is 0 Å². The molecule has 0 heteroatoms. The molecule has 0 aromatic heterocycles. The summed E-state index contributed by atoms with van der Waals surface area (Å²) in [6.45, 7) is 2.44. The summed E-state index contributed by atoms with van der Waals surface area (Å²) in [5, 5.41) is 0. The molecule has 2 fully saturated rings. The third-order valence-corrected chi connectivity index (χ3v) is 3.44. The average Bonchev–Trinajstić information content (AvgIpc) is 2.35. The maximum absolute atomic E-state index is 2.44. The summed E-state index contributed by atoms with van der Waals surface area (Å²) in [5.41, 5.74) is 0. The van der Waals surface area contributed by atoms with E-state index in [0.29, 0.717) is 0 Å². The van der Waals surface area contributed by atoms with Crippen molar-refractivity contribution in [2.45, 2.75) is 39.0 Å². The molecule has 0 nitrogen and oxygen atoms in total. The van der Waals surface area contributed by atoms with Gasteiger partial charge in [0, 0.05) is 0 Å². The first-order chi connectivity index (χ1) is 4.38. The van der Waals surface area contributed by atoms with E-state index in [0.717, 1.165) is 17.8 Å². The highest BCUT2D eigenvalue weighted by molar-refractivity contribution is 4.86. The number of hydrogen-bond acceptors (Lipinski definition) is 0. The molecule has 0 aromatic rings. The summed E-state index contributed by atoms with van der Waals surface area (Å²) in [6, 6.07) is 0. The summed E-state index contributed by atoms with van der Waals surface area (Å²) in [6.07, 6.45) is 7.70. The van der Waals surface area contributed by atoms with E-state index in [4.69, 9.17) is 0 Å². The normalized spacial score (nSPS) is 49.7. The van der Waals surface area contributed by atoms with Crippen LogP contribution in [0.1, 0.15) is 39.0 Å². The van der Waals surface area contributed by atoms with Crippen molar-refractivity contribution in [3.8, 4) is 0 Å². The summed E-state index contributed by atoms with van der Waals surface area (Å²) in [7, 11) is 0. The number of hydrogen-bond donors (Lipinski definition) is 0. The van der Waals surface area contributed by atoms with Crippen LogP contribution in [0.25, 0.3) is 0 Å². The van der Waals surface area contributed by atoms with Crippen molar-refractivity contribution in [1.29, 1.82) is 0 Å². The van der Waals surface area contributed by atoms with E-state index in [1.54, 1.807) is 19.3 Å². The Morgan fingerprint density at radius 3 is 2.67 bits per heavy atom. The third-order valence-electron chi connectivity index (χ3n) is 3.44. The van der Waals surface area contributed by atoms with Gasteiger partial charge in [0.15, 0.2) is 0 Å². The van der Waals surface area contributed by atoms with E-state index in [-0.39, 0.29) is 0 Å². The molecular formula is C9H16. The molecule has 0 saturated heterocycles. The SMILES string of the molecule is C[C@@H]1CCC2CCCC21. The maximum Gasteiger partial charge on any atom is -0.0360 e. The van der Waals surface area contributed by atoms with Crippen molar-refractivity contribution in [2.24, 2.45) is 17.8 Å². The minimum Gasteiger partial charge on any atom is -0.0622 e. The van der Waals surface area contributed by atoms with Gasteiger partial charge >= 0.3 is 0 Å². The first kappa shape index (κ1) is 5.76. The van der Waals surface area contributed by atoms with E-state index < -0.39 is 0 Å². The van der Waals surface area contributed by atoms with E-state index in [9.17, 15) is 0 Å². The van der Waals surface area contributed by atoms with Gasteiger partial charge in [0.25, 0.3) is 0 Å². The van der Waals surface area contributed by atoms with Crippen molar-refractivity contribution in [1.82, 2.24) is 0 Å². The third kappa shape index (κ3) is 0.798. The van der Waals surface area contributed by atoms with Crippen LogP contribution in [0.4, 0.5) is 0 Å². The van der Waals surface area contributed by atoms with Gasteiger partial charge in [-0.1, -0.05) is 26.2 Å². The summed E-state index contributed by atoms with van der Waals surface area (Å²) >= 11 is 0. The number of fused-ring (bicyclic) bond motifs is 1. The Morgan fingerprint density at radius 2 is 1.89 bits per heavy atom. The van der Waals surface area contributed by atoms with Crippen molar-refractivity contribution in [3.63, 3.8) is 0 Å². The second-order valence-corrected chi connectivity index (χ2v) is 3.91. The molecule has 0 heterocycles. The van der Waals surface area contributed by atoms with Gasteiger partial charge < -0.3 is 0 Å². The predicted molar refractivity (Wildman–Crippen MR) is 39.2 cm³/mol. The van der Waals surface area contributed by atoms with E-state index in [1.807, 2.05) is 0 Å². The molecule has 2 rings (SSSR count). The van der Waals surface area contributed by atoms with Gasteiger partial charge in [0.05, 0.1) is 0 Å². The molecule has 2 unspecified atom stereocenters. The second-order valence-electron chi connectivity index (χ2n) is 3.91. The van der Waals surface area contributed by atoms with Crippen LogP contribution in [0.15, 0.2) is 0 Å². The fourth-order valence-electron chi connectivity index (χ4n) is 2.86. The molecule has 0 bridgehead atoms. The van der Waals surface area contributed by atoms with Crippen LogP contribution in [0.5, 0.6) is 0 Å². The lowest BCUT2D eigenvalue weighted by molar-refractivity contribution is 0.376. The molecule has 0 radical (unpaired) electrons. The highest BCUT2D eigenvalue weighted by atomic mass is 14.4. The fourth-order valence-corrected chi connectivity index (χ4v) is 2.86. The van der Waals surface area contributed by atoms with Crippen molar-refractivity contribution >= 4 is 0 Å². The van der Waals surface area contributed by atoms with Crippen molar-refractivity contribution in [2.75, 3.05) is 0 Å². The minimum atomic E-state index is 1.07. The van der Waals surface area contributed by atoms with Gasteiger partial charge in [0.1, 0.15) is 0 Å². The molecule has 2 aliphatic carbocycles. The predicted octanol–water partition coefficient (Wildman–Crippen LogP) is 2.83. The molecule has 9 heavy (non-hydrogen) atoms. The van der Waals surface area contributed by atoms with Gasteiger partial charge in [-0.2, -0.15) is 0 Å². The van der Waals surface area contributed by atoms with Crippen LogP contribution < -0.4 is 0 Å². The highest BCUT2D eigenvalue weighted by Crippen LogP contribution is 2.46. The molecule has 0 amide bonds. The van der Waals surface area contributed by atoms with Gasteiger partial charge in [-0.3, -0.25) is 0 Å². The molecule has 52 valence electrons. The van der Waals surface area contributed by atoms with Gasteiger partial charge in [-0.05, 0) is 30.6 Å². The van der Waals surface area contributed by atoms with Gasteiger partial charge in [-0.15, -0.1) is 0 Å². The van der Waals surface area contributed by atoms with Crippen LogP contribution in [0.3, 0.4) is 0 Å². The van der Waals surface area contributed by atoms with Crippen molar-refractivity contribution in [3.05, 3.63) is 0 Å². The first-order valence-electron chi connectivity index (χ1n) is 4.38. The van der Waals surface area contributed by atoms with Crippen LogP contribution in [0, 0.1) is 17.8 Å². The summed E-state index contributed by atoms with van der Waals surface area (Å²) < 4.78 is 0. The maximum atomic E-state index is 2.44. The van der Waals surface area contributed by atoms with Crippen molar-refractivity contribution < 1.29 is 0 Å². The van der Waals surface area contributed by atoms with E-state index in [2.05, 4.69) is 6.92 Å². The monoisotopic (exact) mass is 124 g/mol. The quantitative estimate of drug-likeness (QED) is 0.466. The Balaban J connectivity index is 2.07. The van der Waals surface area contributed by atoms with Crippen LogP contribution in [-0.2, 0) is 0 Å². The Hall–Kier alpha value is 0. The fraction of sp³-hybridized carbons (Fsp3) is 1.00. The molecule has 0 spiro atoms. The molecule has 2 aliphatic rings. The summed E-state index contributed by atoms with van der Waals surface area (Å²) in [4.78, 5) is 0. The van der Waals surface area contributed by atoms with Crippen LogP contribution >= 0.6 is 0 Å².